The van der Waals surface area contributed by atoms with Crippen molar-refractivity contribution in [1.82, 2.24) is 15.0 Å². The quantitative estimate of drug-likeness (QED) is 0.760. The van der Waals surface area contributed by atoms with Crippen molar-refractivity contribution in [3.05, 3.63) is 41.2 Å². The number of aliphatic hydroxyl groups is 1. The lowest BCUT2D eigenvalue weighted by molar-refractivity contribution is 0.271. The maximum absolute atomic E-state index is 9.42. The van der Waals surface area contributed by atoms with Gasteiger partial charge in [-0.05, 0) is 44.7 Å². The van der Waals surface area contributed by atoms with E-state index < -0.39 is 0 Å². The summed E-state index contributed by atoms with van der Waals surface area (Å²) in [6, 6.07) is 8.14. The molecule has 0 aliphatic heterocycles. The minimum Gasteiger partial charge on any atom is -0.494 e. The number of aliphatic hydroxyl groups excluding tert-OH is 1. The molecule has 1 aliphatic rings. The Morgan fingerprint density at radius 2 is 2.00 bits per heavy atom. The summed E-state index contributed by atoms with van der Waals surface area (Å²) < 4.78 is 7.74. The third-order valence-electron chi connectivity index (χ3n) is 4.54. The van der Waals surface area contributed by atoms with Crippen LogP contribution in [0.25, 0.3) is 0 Å². The van der Waals surface area contributed by atoms with Crippen molar-refractivity contribution in [2.75, 3.05) is 6.61 Å². The monoisotopic (exact) mass is 315 g/mol. The Morgan fingerprint density at radius 3 is 2.65 bits per heavy atom. The van der Waals surface area contributed by atoms with Crippen molar-refractivity contribution < 1.29 is 9.84 Å². The Hall–Kier alpha value is -1.88. The molecule has 0 radical (unpaired) electrons. The predicted molar refractivity (Wildman–Crippen MR) is 88.4 cm³/mol. The van der Waals surface area contributed by atoms with Gasteiger partial charge in [-0.25, -0.2) is 4.68 Å². The van der Waals surface area contributed by atoms with Gasteiger partial charge in [0.25, 0.3) is 0 Å². The van der Waals surface area contributed by atoms with E-state index in [1.807, 2.05) is 16.8 Å². The number of hydrogen-bond acceptors (Lipinski definition) is 4. The smallest absolute Gasteiger partial charge is 0.119 e. The summed E-state index contributed by atoms with van der Waals surface area (Å²) in [6.07, 6.45) is 5.63. The third-order valence-corrected chi connectivity index (χ3v) is 4.54. The number of aryl methyl sites for hydroxylation is 2. The molecule has 0 atom stereocenters. The molecule has 0 saturated heterocycles. The average Bonchev–Trinajstić information content (AvgIpc) is 2.90. The lowest BCUT2D eigenvalue weighted by Crippen LogP contribution is -2.17. The Bertz CT molecular complexity index is 618. The molecule has 1 aliphatic carbocycles. The molecule has 1 aromatic carbocycles. The lowest BCUT2D eigenvalue weighted by Gasteiger charge is -2.26. The topological polar surface area (TPSA) is 60.2 Å². The second-order valence-corrected chi connectivity index (χ2v) is 6.30. The third kappa shape index (κ3) is 3.91. The molecule has 1 saturated carbocycles. The van der Waals surface area contributed by atoms with Crippen LogP contribution >= 0.6 is 0 Å². The van der Waals surface area contributed by atoms with Gasteiger partial charge in [0.15, 0.2) is 0 Å². The van der Waals surface area contributed by atoms with Gasteiger partial charge >= 0.3 is 0 Å². The molecule has 0 unspecified atom stereocenters. The van der Waals surface area contributed by atoms with E-state index in [1.165, 1.54) is 24.8 Å². The first-order valence-corrected chi connectivity index (χ1v) is 8.50. The largest absolute Gasteiger partial charge is 0.494 e. The van der Waals surface area contributed by atoms with Gasteiger partial charge in [-0.3, -0.25) is 0 Å². The van der Waals surface area contributed by atoms with Crippen LogP contribution in [0.3, 0.4) is 0 Å². The Balaban J connectivity index is 1.45. The van der Waals surface area contributed by atoms with Gasteiger partial charge in [-0.2, -0.15) is 0 Å². The number of rotatable bonds is 8. The van der Waals surface area contributed by atoms with Crippen LogP contribution in [0.5, 0.6) is 5.75 Å². The van der Waals surface area contributed by atoms with Gasteiger partial charge in [0.2, 0.25) is 0 Å². The van der Waals surface area contributed by atoms with Crippen LogP contribution in [0.2, 0.25) is 0 Å². The van der Waals surface area contributed by atoms with Crippen LogP contribution in [0.4, 0.5) is 0 Å². The first kappa shape index (κ1) is 16.0. The van der Waals surface area contributed by atoms with Crippen molar-refractivity contribution >= 4 is 0 Å². The Morgan fingerprint density at radius 1 is 1.22 bits per heavy atom. The van der Waals surface area contributed by atoms with Crippen LogP contribution in [0.15, 0.2) is 24.3 Å². The summed E-state index contributed by atoms with van der Waals surface area (Å²) in [4.78, 5) is 0. The molecule has 0 bridgehead atoms. The number of nitrogens with zero attached hydrogens (tertiary/aromatic N) is 3. The molecule has 1 N–H and O–H groups in total. The summed E-state index contributed by atoms with van der Waals surface area (Å²) >= 11 is 0. The molecule has 5 nitrogen and oxygen atoms in total. The minimum atomic E-state index is -0.0115. The summed E-state index contributed by atoms with van der Waals surface area (Å²) in [6.45, 7) is 3.62. The van der Waals surface area contributed by atoms with Crippen molar-refractivity contribution in [1.29, 1.82) is 0 Å². The highest BCUT2D eigenvalue weighted by molar-refractivity contribution is 5.26. The maximum atomic E-state index is 9.42. The van der Waals surface area contributed by atoms with Gasteiger partial charge in [0.1, 0.15) is 11.4 Å². The Labute approximate surface area is 137 Å². The molecule has 5 heteroatoms. The molecule has 1 aromatic heterocycles. The molecule has 124 valence electrons. The molecular formula is C18H25N3O2. The summed E-state index contributed by atoms with van der Waals surface area (Å²) in [5, 5.41) is 17.8. The van der Waals surface area contributed by atoms with Crippen LogP contribution < -0.4 is 4.74 Å². The number of hydrogen-bond donors (Lipinski definition) is 1. The van der Waals surface area contributed by atoms with Gasteiger partial charge < -0.3 is 9.84 Å². The fourth-order valence-corrected chi connectivity index (χ4v) is 2.95. The van der Waals surface area contributed by atoms with E-state index in [0.717, 1.165) is 36.5 Å². The van der Waals surface area contributed by atoms with Gasteiger partial charge in [0.05, 0.1) is 18.9 Å². The number of aromatic nitrogens is 3. The SMILES string of the molecule is Cc1ccc(OCCCCn2nnc(CO)c2C2CCC2)cc1. The first-order valence-electron chi connectivity index (χ1n) is 8.50. The van der Waals surface area contributed by atoms with Crippen LogP contribution in [0.1, 0.15) is 55.0 Å². The lowest BCUT2D eigenvalue weighted by atomic mass is 9.82. The molecule has 0 amide bonds. The first-order chi connectivity index (χ1) is 11.3. The molecule has 0 spiro atoms. The molecule has 2 aromatic rings. The van der Waals surface area contributed by atoms with Crippen molar-refractivity contribution in [2.24, 2.45) is 0 Å². The van der Waals surface area contributed by atoms with Crippen LogP contribution in [0, 0.1) is 6.92 Å². The fraction of sp³-hybridized carbons (Fsp3) is 0.556. The highest BCUT2D eigenvalue weighted by atomic mass is 16.5. The van der Waals surface area contributed by atoms with E-state index in [-0.39, 0.29) is 6.61 Å². The highest BCUT2D eigenvalue weighted by Gasteiger charge is 2.27. The summed E-state index contributed by atoms with van der Waals surface area (Å²) in [7, 11) is 0. The maximum Gasteiger partial charge on any atom is 0.119 e. The standard InChI is InChI=1S/C18H25N3O2/c1-14-7-9-16(10-8-14)23-12-3-2-11-21-18(15-5-4-6-15)17(13-22)19-20-21/h7-10,15,22H,2-6,11-13H2,1H3. The van der Waals surface area contributed by atoms with Gasteiger partial charge in [-0.15, -0.1) is 5.10 Å². The number of unbranched alkanes of at least 4 members (excludes halogenated alkanes) is 1. The zero-order valence-electron chi connectivity index (χ0n) is 13.7. The predicted octanol–water partition coefficient (Wildman–Crippen LogP) is 3.21. The normalized spacial score (nSPS) is 14.7. The van der Waals surface area contributed by atoms with E-state index in [1.54, 1.807) is 0 Å². The molecule has 3 rings (SSSR count). The molecular weight excluding hydrogens is 290 g/mol. The van der Waals surface area contributed by atoms with E-state index in [0.29, 0.717) is 12.5 Å². The van der Waals surface area contributed by atoms with Gasteiger partial charge in [-0.1, -0.05) is 29.3 Å². The zero-order valence-corrected chi connectivity index (χ0v) is 13.7. The summed E-state index contributed by atoms with van der Waals surface area (Å²) in [5.41, 5.74) is 3.15. The summed E-state index contributed by atoms with van der Waals surface area (Å²) in [5.74, 6) is 1.46. The second-order valence-electron chi connectivity index (χ2n) is 6.30. The fourth-order valence-electron chi connectivity index (χ4n) is 2.95. The van der Waals surface area contributed by atoms with Gasteiger partial charge in [0, 0.05) is 12.5 Å². The van der Waals surface area contributed by atoms with Crippen molar-refractivity contribution in [3.8, 4) is 5.75 Å². The van der Waals surface area contributed by atoms with E-state index >= 15 is 0 Å². The van der Waals surface area contributed by atoms with E-state index in [9.17, 15) is 5.11 Å². The number of benzene rings is 1. The van der Waals surface area contributed by atoms with E-state index in [2.05, 4.69) is 29.4 Å². The Kier molecular flexibility index (Phi) is 5.28. The van der Waals surface area contributed by atoms with Crippen LogP contribution in [-0.4, -0.2) is 26.7 Å². The molecule has 1 fully saturated rings. The number of ether oxygens (including phenoxy) is 1. The molecule has 1 heterocycles. The second kappa shape index (κ2) is 7.59. The van der Waals surface area contributed by atoms with Crippen LogP contribution in [-0.2, 0) is 13.2 Å². The van der Waals surface area contributed by atoms with Crippen molar-refractivity contribution in [3.63, 3.8) is 0 Å². The van der Waals surface area contributed by atoms with E-state index in [4.69, 9.17) is 4.74 Å². The zero-order chi connectivity index (χ0) is 16.1. The molecule has 23 heavy (non-hydrogen) atoms. The average molecular weight is 315 g/mol. The minimum absolute atomic E-state index is 0.0115. The van der Waals surface area contributed by atoms with Crippen molar-refractivity contribution in [2.45, 2.75) is 58.1 Å². The highest BCUT2D eigenvalue weighted by Crippen LogP contribution is 2.37.